The molecule has 0 fully saturated rings. The first-order valence-electron chi connectivity index (χ1n) is 6.45. The van der Waals surface area contributed by atoms with E-state index in [1.54, 1.807) is 11.3 Å². The predicted octanol–water partition coefficient (Wildman–Crippen LogP) is 5.05. The van der Waals surface area contributed by atoms with E-state index in [1.165, 1.54) is 16.7 Å². The van der Waals surface area contributed by atoms with Gasteiger partial charge in [0.15, 0.2) is 0 Å². The lowest BCUT2D eigenvalue weighted by atomic mass is 9.86. The fraction of sp³-hybridized carbons (Fsp3) is 0.375. The van der Waals surface area contributed by atoms with Crippen LogP contribution in [0.4, 0.5) is 0 Å². The highest BCUT2D eigenvalue weighted by Crippen LogP contribution is 2.27. The summed E-state index contributed by atoms with van der Waals surface area (Å²) in [6, 6.07) is 11.0. The van der Waals surface area contributed by atoms with Gasteiger partial charge in [-0.05, 0) is 55.9 Å². The van der Waals surface area contributed by atoms with Gasteiger partial charge in [-0.2, -0.15) is 0 Å². The van der Waals surface area contributed by atoms with Crippen molar-refractivity contribution < 1.29 is 0 Å². The van der Waals surface area contributed by atoms with Crippen LogP contribution in [-0.2, 0) is 11.8 Å². The summed E-state index contributed by atoms with van der Waals surface area (Å²) in [4.78, 5) is 0. The molecule has 102 valence electrons. The summed E-state index contributed by atoms with van der Waals surface area (Å²) >= 11 is 5.17. The van der Waals surface area contributed by atoms with Crippen LogP contribution in [-0.4, -0.2) is 0 Å². The molecule has 1 atom stereocenters. The Kier molecular flexibility index (Phi) is 4.49. The van der Waals surface area contributed by atoms with E-state index >= 15 is 0 Å². The maximum Gasteiger partial charge on any atom is 0.0701 e. The number of thiophene rings is 1. The third-order valence-electron chi connectivity index (χ3n) is 3.29. The van der Waals surface area contributed by atoms with Crippen LogP contribution in [0.5, 0.6) is 0 Å². The number of rotatable bonds is 3. The Bertz CT molecular complexity index is 537. The van der Waals surface area contributed by atoms with E-state index in [-0.39, 0.29) is 11.5 Å². The molecule has 2 N–H and O–H groups in total. The molecule has 0 spiro atoms. The molecule has 1 heterocycles. The van der Waals surface area contributed by atoms with Gasteiger partial charge in [0, 0.05) is 6.04 Å². The van der Waals surface area contributed by atoms with Crippen molar-refractivity contribution in [1.29, 1.82) is 0 Å². The monoisotopic (exact) mass is 337 g/mol. The zero-order valence-electron chi connectivity index (χ0n) is 11.6. The van der Waals surface area contributed by atoms with Crippen LogP contribution in [0.15, 0.2) is 39.5 Å². The van der Waals surface area contributed by atoms with Crippen LogP contribution in [0.25, 0.3) is 0 Å². The molecule has 0 saturated heterocycles. The molecule has 0 amide bonds. The molecule has 2 rings (SSSR count). The summed E-state index contributed by atoms with van der Waals surface area (Å²) in [6.45, 7) is 6.70. The van der Waals surface area contributed by atoms with Crippen molar-refractivity contribution in [3.63, 3.8) is 0 Å². The Morgan fingerprint density at radius 1 is 1.21 bits per heavy atom. The van der Waals surface area contributed by atoms with Crippen LogP contribution in [0, 0.1) is 0 Å². The third-order valence-corrected chi connectivity index (χ3v) is 4.81. The highest BCUT2D eigenvalue weighted by molar-refractivity contribution is 9.11. The molecule has 2 aromatic rings. The van der Waals surface area contributed by atoms with Gasteiger partial charge in [0.1, 0.15) is 0 Å². The Hall–Kier alpha value is -0.640. The van der Waals surface area contributed by atoms with E-state index in [9.17, 15) is 0 Å². The lowest BCUT2D eigenvalue weighted by Crippen LogP contribution is -2.13. The number of hydrogen-bond donors (Lipinski definition) is 1. The van der Waals surface area contributed by atoms with E-state index < -0.39 is 0 Å². The van der Waals surface area contributed by atoms with E-state index in [0.29, 0.717) is 0 Å². The standard InChI is InChI=1S/C16H20BrNS/c1-16(2,3)13-6-4-11(5-7-13)8-14(18)12-9-15(17)19-10-12/h4-7,9-10,14H,8,18H2,1-3H3. The Morgan fingerprint density at radius 3 is 2.32 bits per heavy atom. The molecule has 1 unspecified atom stereocenters. The molecule has 19 heavy (non-hydrogen) atoms. The van der Waals surface area contributed by atoms with Gasteiger partial charge in [-0.3, -0.25) is 0 Å². The largest absolute Gasteiger partial charge is 0.324 e. The number of hydrogen-bond acceptors (Lipinski definition) is 2. The van der Waals surface area contributed by atoms with Gasteiger partial charge in [-0.1, -0.05) is 45.0 Å². The van der Waals surface area contributed by atoms with E-state index in [4.69, 9.17) is 5.73 Å². The first-order chi connectivity index (χ1) is 8.86. The summed E-state index contributed by atoms with van der Waals surface area (Å²) in [6.07, 6.45) is 0.883. The molecule has 1 nitrogen and oxygen atoms in total. The van der Waals surface area contributed by atoms with Gasteiger partial charge >= 0.3 is 0 Å². The summed E-state index contributed by atoms with van der Waals surface area (Å²) in [5.41, 5.74) is 10.3. The van der Waals surface area contributed by atoms with Crippen molar-refractivity contribution in [1.82, 2.24) is 0 Å². The smallest absolute Gasteiger partial charge is 0.0701 e. The molecule has 3 heteroatoms. The minimum atomic E-state index is 0.0723. The van der Waals surface area contributed by atoms with Crippen LogP contribution in [0.1, 0.15) is 43.5 Å². The summed E-state index contributed by atoms with van der Waals surface area (Å²) in [7, 11) is 0. The molecule has 0 saturated carbocycles. The predicted molar refractivity (Wildman–Crippen MR) is 87.8 cm³/mol. The Labute approximate surface area is 128 Å². The fourth-order valence-electron chi connectivity index (χ4n) is 2.03. The van der Waals surface area contributed by atoms with Crippen LogP contribution < -0.4 is 5.73 Å². The quantitative estimate of drug-likeness (QED) is 0.833. The molecule has 0 aliphatic carbocycles. The van der Waals surface area contributed by atoms with Gasteiger partial charge in [0.2, 0.25) is 0 Å². The van der Waals surface area contributed by atoms with Crippen molar-refractivity contribution in [2.75, 3.05) is 0 Å². The van der Waals surface area contributed by atoms with Gasteiger partial charge in [-0.15, -0.1) is 11.3 Å². The zero-order chi connectivity index (χ0) is 14.0. The summed E-state index contributed by atoms with van der Waals surface area (Å²) in [5.74, 6) is 0. The molecule has 0 aliphatic rings. The second-order valence-electron chi connectivity index (χ2n) is 5.94. The van der Waals surface area contributed by atoms with Crippen molar-refractivity contribution in [2.24, 2.45) is 5.73 Å². The molecular weight excluding hydrogens is 318 g/mol. The van der Waals surface area contributed by atoms with Gasteiger partial charge < -0.3 is 5.73 Å². The summed E-state index contributed by atoms with van der Waals surface area (Å²) < 4.78 is 1.14. The third kappa shape index (κ3) is 3.91. The maximum absolute atomic E-state index is 6.25. The van der Waals surface area contributed by atoms with Crippen LogP contribution >= 0.6 is 27.3 Å². The topological polar surface area (TPSA) is 26.0 Å². The second kappa shape index (κ2) is 5.78. The average Bonchev–Trinajstić information content (AvgIpc) is 2.75. The van der Waals surface area contributed by atoms with Crippen molar-refractivity contribution in [3.8, 4) is 0 Å². The first kappa shape index (κ1) is 14.8. The maximum atomic E-state index is 6.25. The van der Waals surface area contributed by atoms with Crippen LogP contribution in [0.3, 0.4) is 0 Å². The van der Waals surface area contributed by atoms with Gasteiger partial charge in [-0.25, -0.2) is 0 Å². The normalized spacial score (nSPS) is 13.5. The van der Waals surface area contributed by atoms with Gasteiger partial charge in [0.25, 0.3) is 0 Å². The Morgan fingerprint density at radius 2 is 1.84 bits per heavy atom. The van der Waals surface area contributed by atoms with Crippen molar-refractivity contribution in [2.45, 2.75) is 38.6 Å². The van der Waals surface area contributed by atoms with E-state index in [0.717, 1.165) is 10.2 Å². The molecule has 0 aliphatic heterocycles. The number of benzene rings is 1. The van der Waals surface area contributed by atoms with E-state index in [1.807, 2.05) is 0 Å². The Balaban J connectivity index is 2.07. The zero-order valence-corrected chi connectivity index (χ0v) is 14.0. The lowest BCUT2D eigenvalue weighted by Gasteiger charge is -2.19. The van der Waals surface area contributed by atoms with Gasteiger partial charge in [0.05, 0.1) is 3.79 Å². The molecular formula is C16H20BrNS. The highest BCUT2D eigenvalue weighted by Gasteiger charge is 2.14. The minimum absolute atomic E-state index is 0.0723. The number of nitrogens with two attached hydrogens (primary N) is 1. The van der Waals surface area contributed by atoms with Crippen molar-refractivity contribution in [3.05, 3.63) is 56.2 Å². The SMILES string of the molecule is CC(C)(C)c1ccc(CC(N)c2csc(Br)c2)cc1. The lowest BCUT2D eigenvalue weighted by molar-refractivity contribution is 0.589. The van der Waals surface area contributed by atoms with Crippen LogP contribution in [0.2, 0.25) is 0 Å². The van der Waals surface area contributed by atoms with E-state index in [2.05, 4.69) is 72.4 Å². The summed E-state index contributed by atoms with van der Waals surface area (Å²) in [5, 5.41) is 2.12. The molecule has 1 aromatic carbocycles. The molecule has 0 bridgehead atoms. The molecule has 1 aromatic heterocycles. The highest BCUT2D eigenvalue weighted by atomic mass is 79.9. The number of halogens is 1. The minimum Gasteiger partial charge on any atom is -0.324 e. The molecule has 0 radical (unpaired) electrons. The first-order valence-corrected chi connectivity index (χ1v) is 8.12. The average molecular weight is 338 g/mol. The fourth-order valence-corrected chi connectivity index (χ4v) is 3.27. The van der Waals surface area contributed by atoms with Crippen molar-refractivity contribution >= 4 is 27.3 Å². The second-order valence-corrected chi connectivity index (χ2v) is 8.23.